The van der Waals surface area contributed by atoms with Crippen molar-refractivity contribution in [3.63, 3.8) is 0 Å². The van der Waals surface area contributed by atoms with Gasteiger partial charge in [0.25, 0.3) is 0 Å². The molecular formula is C14H22O. The van der Waals surface area contributed by atoms with Crippen LogP contribution in [-0.2, 0) is 11.2 Å². The van der Waals surface area contributed by atoms with Crippen LogP contribution in [0.1, 0.15) is 39.2 Å². The monoisotopic (exact) mass is 206 g/mol. The molecule has 1 nitrogen and oxygen atoms in total. The number of hydrogen-bond donors (Lipinski definition) is 0. The molecule has 0 atom stereocenters. The van der Waals surface area contributed by atoms with Crippen molar-refractivity contribution in [2.24, 2.45) is 0 Å². The molecule has 0 aliphatic carbocycles. The molecule has 0 saturated heterocycles. The predicted molar refractivity (Wildman–Crippen MR) is 65.1 cm³/mol. The lowest BCUT2D eigenvalue weighted by Gasteiger charge is -2.25. The molecule has 1 aromatic carbocycles. The number of rotatable bonds is 6. The summed E-state index contributed by atoms with van der Waals surface area (Å²) in [7, 11) is 0. The van der Waals surface area contributed by atoms with Crippen molar-refractivity contribution < 1.29 is 4.74 Å². The Morgan fingerprint density at radius 3 is 2.40 bits per heavy atom. The molecule has 0 bridgehead atoms. The molecule has 0 amide bonds. The highest BCUT2D eigenvalue weighted by atomic mass is 16.5. The van der Waals surface area contributed by atoms with Crippen LogP contribution in [0.3, 0.4) is 0 Å². The first-order valence-corrected chi connectivity index (χ1v) is 5.82. The molecule has 84 valence electrons. The lowest BCUT2D eigenvalue weighted by Crippen LogP contribution is -2.27. The van der Waals surface area contributed by atoms with Gasteiger partial charge in [0.15, 0.2) is 0 Å². The molecule has 0 unspecified atom stereocenters. The molecule has 0 N–H and O–H groups in total. The van der Waals surface area contributed by atoms with E-state index in [0.717, 1.165) is 19.4 Å². The van der Waals surface area contributed by atoms with Gasteiger partial charge in [-0.1, -0.05) is 43.7 Å². The average molecular weight is 206 g/mol. The van der Waals surface area contributed by atoms with E-state index in [2.05, 4.69) is 51.1 Å². The Bertz CT molecular complexity index is 264. The Kier molecular flexibility index (Phi) is 4.83. The van der Waals surface area contributed by atoms with Crippen LogP contribution in [0.4, 0.5) is 0 Å². The smallest absolute Gasteiger partial charge is 0.0666 e. The van der Waals surface area contributed by atoms with Gasteiger partial charge in [0.2, 0.25) is 0 Å². The molecule has 0 spiro atoms. The van der Waals surface area contributed by atoms with Crippen molar-refractivity contribution in [2.75, 3.05) is 6.61 Å². The minimum absolute atomic E-state index is 0.0451. The summed E-state index contributed by atoms with van der Waals surface area (Å²) in [4.78, 5) is 0. The van der Waals surface area contributed by atoms with Crippen LogP contribution in [0.2, 0.25) is 0 Å². The van der Waals surface area contributed by atoms with Crippen LogP contribution in [0.25, 0.3) is 0 Å². The maximum absolute atomic E-state index is 5.87. The van der Waals surface area contributed by atoms with Crippen LogP contribution in [-0.4, -0.2) is 12.2 Å². The summed E-state index contributed by atoms with van der Waals surface area (Å²) in [5.74, 6) is 0. The van der Waals surface area contributed by atoms with Gasteiger partial charge < -0.3 is 4.74 Å². The minimum atomic E-state index is -0.0451. The van der Waals surface area contributed by atoms with Crippen LogP contribution >= 0.6 is 0 Å². The van der Waals surface area contributed by atoms with Crippen LogP contribution in [0.5, 0.6) is 0 Å². The quantitative estimate of drug-likeness (QED) is 0.643. The molecule has 1 heteroatoms. The fourth-order valence-corrected chi connectivity index (χ4v) is 1.63. The summed E-state index contributed by atoms with van der Waals surface area (Å²) in [6.07, 6.45) is 3.33. The standard InChI is InChI=1S/C14H22O/c1-4-5-11-15-14(2,3)12-13-9-7-6-8-10-13/h6-10H,4-5,11-12H2,1-3H3. The zero-order chi connectivity index (χ0) is 11.1. The normalized spacial score (nSPS) is 11.7. The number of benzene rings is 1. The van der Waals surface area contributed by atoms with Crippen LogP contribution < -0.4 is 0 Å². The van der Waals surface area contributed by atoms with Gasteiger partial charge in [-0.3, -0.25) is 0 Å². The lowest BCUT2D eigenvalue weighted by molar-refractivity contribution is -0.0181. The van der Waals surface area contributed by atoms with Gasteiger partial charge in [0, 0.05) is 13.0 Å². The molecule has 0 heterocycles. The molecule has 0 saturated carbocycles. The highest BCUT2D eigenvalue weighted by Crippen LogP contribution is 2.17. The Balaban J connectivity index is 2.42. The molecule has 15 heavy (non-hydrogen) atoms. The van der Waals surface area contributed by atoms with E-state index in [1.807, 2.05) is 0 Å². The first-order chi connectivity index (χ1) is 7.14. The van der Waals surface area contributed by atoms with Crippen molar-refractivity contribution in [3.8, 4) is 0 Å². The zero-order valence-electron chi connectivity index (χ0n) is 10.1. The maximum atomic E-state index is 5.87. The van der Waals surface area contributed by atoms with Crippen molar-refractivity contribution in [1.82, 2.24) is 0 Å². The average Bonchev–Trinajstić information content (AvgIpc) is 2.18. The van der Waals surface area contributed by atoms with Gasteiger partial charge >= 0.3 is 0 Å². The Hall–Kier alpha value is -0.820. The molecule has 0 radical (unpaired) electrons. The summed E-state index contributed by atoms with van der Waals surface area (Å²) >= 11 is 0. The largest absolute Gasteiger partial charge is 0.375 e. The molecule has 0 aliphatic rings. The lowest BCUT2D eigenvalue weighted by atomic mass is 9.98. The Labute approximate surface area is 93.5 Å². The highest BCUT2D eigenvalue weighted by molar-refractivity contribution is 5.16. The Morgan fingerprint density at radius 1 is 1.13 bits per heavy atom. The van der Waals surface area contributed by atoms with Crippen molar-refractivity contribution in [2.45, 2.75) is 45.6 Å². The maximum Gasteiger partial charge on any atom is 0.0666 e. The number of hydrogen-bond acceptors (Lipinski definition) is 1. The van der Waals surface area contributed by atoms with E-state index >= 15 is 0 Å². The fraction of sp³-hybridized carbons (Fsp3) is 0.571. The van der Waals surface area contributed by atoms with Gasteiger partial charge in [-0.15, -0.1) is 0 Å². The van der Waals surface area contributed by atoms with E-state index in [0.29, 0.717) is 0 Å². The van der Waals surface area contributed by atoms with E-state index in [1.165, 1.54) is 12.0 Å². The van der Waals surface area contributed by atoms with E-state index < -0.39 is 0 Å². The molecule has 0 fully saturated rings. The van der Waals surface area contributed by atoms with Crippen molar-refractivity contribution >= 4 is 0 Å². The summed E-state index contributed by atoms with van der Waals surface area (Å²) in [5.41, 5.74) is 1.30. The van der Waals surface area contributed by atoms with Gasteiger partial charge in [-0.25, -0.2) is 0 Å². The van der Waals surface area contributed by atoms with E-state index in [4.69, 9.17) is 4.74 Å². The van der Waals surface area contributed by atoms with Gasteiger partial charge in [-0.2, -0.15) is 0 Å². The van der Waals surface area contributed by atoms with Crippen molar-refractivity contribution in [3.05, 3.63) is 35.9 Å². The van der Waals surface area contributed by atoms with Gasteiger partial charge in [0.1, 0.15) is 0 Å². The predicted octanol–water partition coefficient (Wildman–Crippen LogP) is 3.82. The topological polar surface area (TPSA) is 9.23 Å². The molecule has 0 aliphatic heterocycles. The third kappa shape index (κ3) is 4.98. The molecule has 1 aromatic rings. The van der Waals surface area contributed by atoms with Crippen LogP contribution in [0, 0.1) is 0 Å². The first kappa shape index (κ1) is 12.3. The first-order valence-electron chi connectivity index (χ1n) is 5.82. The third-order valence-electron chi connectivity index (χ3n) is 2.46. The summed E-state index contributed by atoms with van der Waals surface area (Å²) in [6.45, 7) is 7.38. The fourth-order valence-electron chi connectivity index (χ4n) is 1.63. The number of unbranched alkanes of at least 4 members (excludes halogenated alkanes) is 1. The summed E-state index contributed by atoms with van der Waals surface area (Å²) in [5, 5.41) is 0. The van der Waals surface area contributed by atoms with Gasteiger partial charge in [-0.05, 0) is 25.8 Å². The molecule has 0 aromatic heterocycles. The van der Waals surface area contributed by atoms with Crippen LogP contribution in [0.15, 0.2) is 30.3 Å². The zero-order valence-corrected chi connectivity index (χ0v) is 10.1. The second-order valence-electron chi connectivity index (χ2n) is 4.62. The summed E-state index contributed by atoms with van der Waals surface area (Å²) in [6, 6.07) is 10.5. The summed E-state index contributed by atoms with van der Waals surface area (Å²) < 4.78 is 5.87. The third-order valence-corrected chi connectivity index (χ3v) is 2.46. The highest BCUT2D eigenvalue weighted by Gasteiger charge is 2.18. The van der Waals surface area contributed by atoms with E-state index in [9.17, 15) is 0 Å². The SMILES string of the molecule is CCCCOC(C)(C)Cc1ccccc1. The van der Waals surface area contributed by atoms with Gasteiger partial charge in [0.05, 0.1) is 5.60 Å². The molecule has 1 rings (SSSR count). The minimum Gasteiger partial charge on any atom is -0.375 e. The molecular weight excluding hydrogens is 184 g/mol. The van der Waals surface area contributed by atoms with E-state index in [-0.39, 0.29) is 5.60 Å². The second kappa shape index (κ2) is 5.92. The Morgan fingerprint density at radius 2 is 1.80 bits per heavy atom. The second-order valence-corrected chi connectivity index (χ2v) is 4.62. The number of ether oxygens (including phenoxy) is 1. The van der Waals surface area contributed by atoms with Crippen molar-refractivity contribution in [1.29, 1.82) is 0 Å². The van der Waals surface area contributed by atoms with E-state index in [1.54, 1.807) is 0 Å².